The second-order valence-electron chi connectivity index (χ2n) is 7.18. The fourth-order valence-corrected chi connectivity index (χ4v) is 2.57. The summed E-state index contributed by atoms with van der Waals surface area (Å²) in [5.74, 6) is -5.14. The molecular formula is C22H20ClF6N3O6. The zero-order valence-electron chi connectivity index (χ0n) is 19.0. The molecule has 16 heteroatoms. The number of nitrogens with zero attached hydrogens (tertiary/aromatic N) is 1. The Hall–Kier alpha value is -3.85. The quantitative estimate of drug-likeness (QED) is 0.238. The van der Waals surface area contributed by atoms with Gasteiger partial charge in [0, 0.05) is 11.4 Å². The summed E-state index contributed by atoms with van der Waals surface area (Å²) in [6, 6.07) is 14.6. The third-order valence-corrected chi connectivity index (χ3v) is 4.44. The SMILES string of the molecule is NC(CCC(=O)OCc1ccccc1)c1nc2ccc(Cl)cc2[nH]1.O=C(O)C(F)(F)F.O=C(O)C(F)(F)F. The summed E-state index contributed by atoms with van der Waals surface area (Å²) in [6.07, 6.45) is -9.47. The van der Waals surface area contributed by atoms with Gasteiger partial charge in [-0.25, -0.2) is 14.6 Å². The van der Waals surface area contributed by atoms with E-state index in [0.29, 0.717) is 17.3 Å². The van der Waals surface area contributed by atoms with Gasteiger partial charge in [-0.15, -0.1) is 0 Å². The number of carbonyl (C=O) groups is 3. The minimum Gasteiger partial charge on any atom is -0.475 e. The van der Waals surface area contributed by atoms with Gasteiger partial charge < -0.3 is 25.7 Å². The lowest BCUT2D eigenvalue weighted by atomic mass is 10.1. The number of carbonyl (C=O) groups excluding carboxylic acids is 1. The van der Waals surface area contributed by atoms with Crippen LogP contribution in [0.25, 0.3) is 11.0 Å². The van der Waals surface area contributed by atoms with Gasteiger partial charge in [0.05, 0.1) is 17.1 Å². The number of benzene rings is 2. The van der Waals surface area contributed by atoms with Crippen molar-refractivity contribution in [3.63, 3.8) is 0 Å². The molecule has 3 aromatic rings. The van der Waals surface area contributed by atoms with Gasteiger partial charge in [0.2, 0.25) is 0 Å². The summed E-state index contributed by atoms with van der Waals surface area (Å²) >= 11 is 5.96. The summed E-state index contributed by atoms with van der Waals surface area (Å²) < 4.78 is 68.7. The Bertz CT molecular complexity index is 1190. The molecule has 0 amide bonds. The summed E-state index contributed by atoms with van der Waals surface area (Å²) in [5.41, 5.74) is 8.72. The van der Waals surface area contributed by atoms with Gasteiger partial charge in [-0.2, -0.15) is 26.3 Å². The third-order valence-electron chi connectivity index (χ3n) is 4.20. The van der Waals surface area contributed by atoms with Gasteiger partial charge in [-0.05, 0) is 30.2 Å². The molecule has 0 saturated heterocycles. The molecular weight excluding hydrogens is 552 g/mol. The van der Waals surface area contributed by atoms with Crippen molar-refractivity contribution >= 4 is 40.5 Å². The summed E-state index contributed by atoms with van der Waals surface area (Å²) in [4.78, 5) is 37.2. The summed E-state index contributed by atoms with van der Waals surface area (Å²) in [6.45, 7) is 0.276. The van der Waals surface area contributed by atoms with E-state index in [1.807, 2.05) is 36.4 Å². The number of esters is 1. The Morgan fingerprint density at radius 1 is 0.974 bits per heavy atom. The molecule has 0 radical (unpaired) electrons. The van der Waals surface area contributed by atoms with Gasteiger partial charge >= 0.3 is 30.3 Å². The lowest BCUT2D eigenvalue weighted by Gasteiger charge is -2.09. The van der Waals surface area contributed by atoms with Crippen molar-refractivity contribution in [2.75, 3.05) is 0 Å². The van der Waals surface area contributed by atoms with Gasteiger partial charge in [0.15, 0.2) is 0 Å². The monoisotopic (exact) mass is 571 g/mol. The van der Waals surface area contributed by atoms with Crippen molar-refractivity contribution in [3.8, 4) is 0 Å². The first-order valence-corrected chi connectivity index (χ1v) is 10.6. The minimum atomic E-state index is -5.08. The van der Waals surface area contributed by atoms with E-state index >= 15 is 0 Å². The molecule has 2 aromatic carbocycles. The van der Waals surface area contributed by atoms with Crippen molar-refractivity contribution in [3.05, 3.63) is 64.9 Å². The van der Waals surface area contributed by atoms with Crippen molar-refractivity contribution in [1.82, 2.24) is 9.97 Å². The van der Waals surface area contributed by atoms with Crippen LogP contribution in [0.3, 0.4) is 0 Å². The largest absolute Gasteiger partial charge is 0.490 e. The Morgan fingerprint density at radius 2 is 1.50 bits per heavy atom. The van der Waals surface area contributed by atoms with Crippen LogP contribution in [-0.4, -0.2) is 50.4 Å². The number of imidazole rings is 1. The number of halogens is 7. The topological polar surface area (TPSA) is 156 Å². The Balaban J connectivity index is 0.000000426. The van der Waals surface area contributed by atoms with Crippen molar-refractivity contribution in [2.45, 2.75) is 37.8 Å². The molecule has 0 aliphatic heterocycles. The molecule has 1 heterocycles. The molecule has 0 aliphatic carbocycles. The highest BCUT2D eigenvalue weighted by Gasteiger charge is 2.38. The maximum absolute atomic E-state index is 11.8. The number of fused-ring (bicyclic) bond motifs is 1. The average molecular weight is 572 g/mol. The fourth-order valence-electron chi connectivity index (χ4n) is 2.40. The number of ether oxygens (including phenoxy) is 1. The van der Waals surface area contributed by atoms with Crippen LogP contribution in [0.15, 0.2) is 48.5 Å². The molecule has 1 aromatic heterocycles. The molecule has 1 atom stereocenters. The smallest absolute Gasteiger partial charge is 0.475 e. The second-order valence-corrected chi connectivity index (χ2v) is 7.62. The number of hydrogen-bond donors (Lipinski definition) is 4. The third kappa shape index (κ3) is 11.9. The predicted molar refractivity (Wildman–Crippen MR) is 121 cm³/mol. The van der Waals surface area contributed by atoms with Crippen LogP contribution >= 0.6 is 11.6 Å². The molecule has 0 aliphatic rings. The number of aromatic amines is 1. The maximum atomic E-state index is 11.8. The first-order valence-electron chi connectivity index (χ1n) is 10.2. The maximum Gasteiger partial charge on any atom is 0.490 e. The molecule has 3 rings (SSSR count). The summed E-state index contributed by atoms with van der Waals surface area (Å²) in [7, 11) is 0. The van der Waals surface area contributed by atoms with Crippen LogP contribution in [0.5, 0.6) is 0 Å². The van der Waals surface area contributed by atoms with Crippen molar-refractivity contribution in [1.29, 1.82) is 0 Å². The molecule has 1 unspecified atom stereocenters. The molecule has 5 N–H and O–H groups in total. The van der Waals surface area contributed by atoms with E-state index in [-0.39, 0.29) is 25.0 Å². The number of carboxylic acid groups (broad SMARTS) is 2. The lowest BCUT2D eigenvalue weighted by molar-refractivity contribution is -0.193. The van der Waals surface area contributed by atoms with Crippen molar-refractivity contribution < 1.29 is 55.7 Å². The highest BCUT2D eigenvalue weighted by Crippen LogP contribution is 2.21. The summed E-state index contributed by atoms with van der Waals surface area (Å²) in [5, 5.41) is 14.9. The molecule has 9 nitrogen and oxygen atoms in total. The normalized spacial score (nSPS) is 11.9. The first kappa shape index (κ1) is 32.2. The number of carboxylic acids is 2. The predicted octanol–water partition coefficient (Wildman–Crippen LogP) is 5.01. The molecule has 0 spiro atoms. The van der Waals surface area contributed by atoms with Crippen LogP contribution in [0.1, 0.15) is 30.3 Å². The Morgan fingerprint density at radius 3 is 2.00 bits per heavy atom. The van der Waals surface area contributed by atoms with Crippen LogP contribution in [0.4, 0.5) is 26.3 Å². The van der Waals surface area contributed by atoms with Gasteiger partial charge in [-0.1, -0.05) is 41.9 Å². The number of hydrogen-bond acceptors (Lipinski definition) is 6. The average Bonchev–Trinajstić information content (AvgIpc) is 3.25. The first-order chi connectivity index (χ1) is 17.5. The molecule has 208 valence electrons. The highest BCUT2D eigenvalue weighted by molar-refractivity contribution is 6.31. The van der Waals surface area contributed by atoms with E-state index in [0.717, 1.165) is 16.6 Å². The van der Waals surface area contributed by atoms with E-state index in [1.165, 1.54) is 0 Å². The number of H-pyrrole nitrogens is 1. The number of nitrogens with one attached hydrogen (secondary N) is 1. The van der Waals surface area contributed by atoms with Crippen LogP contribution in [0, 0.1) is 0 Å². The van der Waals surface area contributed by atoms with Gasteiger partial charge in [-0.3, -0.25) is 4.79 Å². The van der Waals surface area contributed by atoms with Crippen LogP contribution in [0.2, 0.25) is 5.02 Å². The number of alkyl halides is 6. The van der Waals surface area contributed by atoms with E-state index in [1.54, 1.807) is 12.1 Å². The van der Waals surface area contributed by atoms with Crippen LogP contribution in [-0.2, 0) is 25.7 Å². The van der Waals surface area contributed by atoms with E-state index < -0.39 is 24.3 Å². The van der Waals surface area contributed by atoms with Gasteiger partial charge in [0.1, 0.15) is 12.4 Å². The molecule has 0 bridgehead atoms. The second kappa shape index (κ2) is 14.2. The van der Waals surface area contributed by atoms with E-state index in [9.17, 15) is 31.1 Å². The highest BCUT2D eigenvalue weighted by atomic mass is 35.5. The Labute approximate surface area is 215 Å². The minimum absolute atomic E-state index is 0.242. The Kier molecular flexibility index (Phi) is 12.0. The van der Waals surface area contributed by atoms with E-state index in [2.05, 4.69) is 9.97 Å². The van der Waals surface area contributed by atoms with E-state index in [4.69, 9.17) is 41.9 Å². The number of rotatable bonds is 6. The number of aliphatic carboxylic acids is 2. The molecule has 0 fully saturated rings. The number of nitrogens with two attached hydrogens (primary N) is 1. The van der Waals surface area contributed by atoms with Crippen LogP contribution < -0.4 is 5.73 Å². The number of aromatic nitrogens is 2. The molecule has 0 saturated carbocycles. The van der Waals surface area contributed by atoms with Crippen molar-refractivity contribution in [2.24, 2.45) is 5.73 Å². The van der Waals surface area contributed by atoms with Gasteiger partial charge in [0.25, 0.3) is 0 Å². The fraction of sp³-hybridized carbons (Fsp3) is 0.273. The lowest BCUT2D eigenvalue weighted by Crippen LogP contribution is -2.21. The standard InChI is InChI=1S/C18H18ClN3O2.2C2HF3O2/c19-13-6-8-15-16(10-13)22-18(21-15)14(20)7-9-17(23)24-11-12-4-2-1-3-5-12;2*3-2(4,5)1(6)7/h1-6,8,10,14H,7,9,11,20H2,(H,21,22);2*(H,6,7). The molecule has 38 heavy (non-hydrogen) atoms. The zero-order valence-corrected chi connectivity index (χ0v) is 19.8. The zero-order chi connectivity index (χ0) is 29.1.